The van der Waals surface area contributed by atoms with Crippen molar-refractivity contribution in [1.82, 2.24) is 4.90 Å². The predicted molar refractivity (Wildman–Crippen MR) is 67.0 cm³/mol. The number of likely N-dealkylation sites (tertiary alicyclic amines) is 1. The number of benzene rings is 1. The number of carboxylic acids is 1. The fourth-order valence-corrected chi connectivity index (χ4v) is 2.52. The number of carboxylic acid groups (broad SMARTS) is 1. The number of carbonyl (C=O) groups excluding carboxylic acids is 1. The van der Waals surface area contributed by atoms with E-state index in [-0.39, 0.29) is 12.0 Å². The molecule has 0 spiro atoms. The van der Waals surface area contributed by atoms with Crippen molar-refractivity contribution in [2.24, 2.45) is 0 Å². The summed E-state index contributed by atoms with van der Waals surface area (Å²) in [7, 11) is 0. The lowest BCUT2D eigenvalue weighted by atomic mass is 9.98. The van der Waals surface area contributed by atoms with E-state index >= 15 is 0 Å². The summed E-state index contributed by atoms with van der Waals surface area (Å²) in [5, 5.41) is 9.23. The number of hydrogen-bond donors (Lipinski definition) is 1. The van der Waals surface area contributed by atoms with E-state index in [1.807, 2.05) is 0 Å². The lowest BCUT2D eigenvalue weighted by Gasteiger charge is -2.31. The van der Waals surface area contributed by atoms with E-state index in [0.29, 0.717) is 19.4 Å². The first-order chi connectivity index (χ1) is 9.34. The van der Waals surface area contributed by atoms with Crippen LogP contribution in [-0.2, 0) is 16.0 Å². The van der Waals surface area contributed by atoms with E-state index in [2.05, 4.69) is 0 Å². The summed E-state index contributed by atoms with van der Waals surface area (Å²) in [4.78, 5) is 24.7. The van der Waals surface area contributed by atoms with Gasteiger partial charge in [-0.15, -0.1) is 0 Å². The zero-order chi connectivity index (χ0) is 14.9. The Morgan fingerprint density at radius 1 is 1.40 bits per heavy atom. The van der Waals surface area contributed by atoms with Crippen molar-refractivity contribution in [1.29, 1.82) is 0 Å². The molecular formula is C14H15F2NO3. The summed E-state index contributed by atoms with van der Waals surface area (Å²) in [5.41, 5.74) is -1.32. The Labute approximate surface area is 115 Å². The van der Waals surface area contributed by atoms with Crippen LogP contribution in [0.3, 0.4) is 0 Å². The Hall–Kier alpha value is -1.98. The average Bonchev–Trinajstić information content (AvgIpc) is 2.77. The maximum atomic E-state index is 13.5. The number of aliphatic carboxylic acids is 1. The lowest BCUT2D eigenvalue weighted by Crippen LogP contribution is -2.51. The van der Waals surface area contributed by atoms with Gasteiger partial charge in [-0.3, -0.25) is 4.79 Å². The third kappa shape index (κ3) is 2.50. The highest BCUT2D eigenvalue weighted by Gasteiger charge is 2.45. The monoisotopic (exact) mass is 283 g/mol. The summed E-state index contributed by atoms with van der Waals surface area (Å²) in [6, 6.07) is 2.89. The molecule has 1 heterocycles. The Morgan fingerprint density at radius 2 is 2.10 bits per heavy atom. The molecule has 4 nitrogen and oxygen atoms in total. The van der Waals surface area contributed by atoms with Gasteiger partial charge in [0.15, 0.2) is 0 Å². The normalized spacial score (nSPS) is 22.1. The molecule has 1 atom stereocenters. The fourth-order valence-electron chi connectivity index (χ4n) is 2.52. The van der Waals surface area contributed by atoms with Crippen molar-refractivity contribution in [2.45, 2.75) is 31.7 Å². The second kappa shape index (κ2) is 5.19. The van der Waals surface area contributed by atoms with E-state index in [1.165, 1.54) is 11.8 Å². The van der Waals surface area contributed by atoms with Crippen LogP contribution in [0.4, 0.5) is 8.78 Å². The van der Waals surface area contributed by atoms with Crippen molar-refractivity contribution in [3.63, 3.8) is 0 Å². The molecule has 1 amide bonds. The average molecular weight is 283 g/mol. The number of halogens is 2. The van der Waals surface area contributed by atoms with Gasteiger partial charge in [-0.1, -0.05) is 0 Å². The number of rotatable bonds is 3. The van der Waals surface area contributed by atoms with Crippen molar-refractivity contribution in [3.05, 3.63) is 35.4 Å². The standard InChI is InChI=1S/C14H15F2NO3/c1-14(13(19)20)5-2-6-17(14)12(18)8-9-7-10(15)3-4-11(9)16/h3-4,7H,2,5-6,8H2,1H3,(H,19,20). The van der Waals surface area contributed by atoms with Crippen LogP contribution >= 0.6 is 0 Å². The van der Waals surface area contributed by atoms with Crippen LogP contribution in [0.2, 0.25) is 0 Å². The summed E-state index contributed by atoms with van der Waals surface area (Å²) in [6.45, 7) is 1.79. The third-order valence-electron chi connectivity index (χ3n) is 3.75. The molecule has 1 aromatic carbocycles. The quantitative estimate of drug-likeness (QED) is 0.922. The molecule has 1 aliphatic heterocycles. The Balaban J connectivity index is 2.20. The SMILES string of the molecule is CC1(C(=O)O)CCCN1C(=O)Cc1cc(F)ccc1F. The molecule has 1 aliphatic rings. The van der Waals surface area contributed by atoms with Crippen LogP contribution < -0.4 is 0 Å². The molecule has 0 aliphatic carbocycles. The third-order valence-corrected chi connectivity index (χ3v) is 3.75. The van der Waals surface area contributed by atoms with Crippen LogP contribution in [0.5, 0.6) is 0 Å². The van der Waals surface area contributed by atoms with Gasteiger partial charge in [0.1, 0.15) is 17.2 Å². The summed E-state index contributed by atoms with van der Waals surface area (Å²) in [6.07, 6.45) is 0.604. The molecule has 1 fully saturated rings. The van der Waals surface area contributed by atoms with E-state index in [4.69, 9.17) is 0 Å². The number of nitrogens with zero attached hydrogens (tertiary/aromatic N) is 1. The molecule has 0 radical (unpaired) electrons. The Kier molecular flexibility index (Phi) is 3.74. The minimum atomic E-state index is -1.26. The highest BCUT2D eigenvalue weighted by molar-refractivity contribution is 5.88. The van der Waals surface area contributed by atoms with E-state index in [1.54, 1.807) is 0 Å². The second-order valence-electron chi connectivity index (χ2n) is 5.14. The van der Waals surface area contributed by atoms with Gasteiger partial charge in [0.05, 0.1) is 6.42 Å². The van der Waals surface area contributed by atoms with Crippen LogP contribution in [0.25, 0.3) is 0 Å². The highest BCUT2D eigenvalue weighted by Crippen LogP contribution is 2.30. The number of amides is 1. The molecule has 6 heteroatoms. The molecule has 1 unspecified atom stereocenters. The lowest BCUT2D eigenvalue weighted by molar-refractivity contribution is -0.155. The molecule has 1 N–H and O–H groups in total. The van der Waals surface area contributed by atoms with Crippen LogP contribution in [-0.4, -0.2) is 34.0 Å². The molecular weight excluding hydrogens is 268 g/mol. The minimum Gasteiger partial charge on any atom is -0.480 e. The van der Waals surface area contributed by atoms with Gasteiger partial charge in [0.25, 0.3) is 0 Å². The Morgan fingerprint density at radius 3 is 2.75 bits per heavy atom. The van der Waals surface area contributed by atoms with Crippen molar-refractivity contribution >= 4 is 11.9 Å². The molecule has 0 saturated carbocycles. The zero-order valence-corrected chi connectivity index (χ0v) is 11.0. The maximum Gasteiger partial charge on any atom is 0.329 e. The zero-order valence-electron chi connectivity index (χ0n) is 11.0. The second-order valence-corrected chi connectivity index (χ2v) is 5.14. The van der Waals surface area contributed by atoms with Gasteiger partial charge in [0, 0.05) is 12.1 Å². The van der Waals surface area contributed by atoms with Crippen molar-refractivity contribution in [3.8, 4) is 0 Å². The molecule has 20 heavy (non-hydrogen) atoms. The molecule has 1 aromatic rings. The number of hydrogen-bond acceptors (Lipinski definition) is 2. The van der Waals surface area contributed by atoms with Crippen LogP contribution in [0.15, 0.2) is 18.2 Å². The topological polar surface area (TPSA) is 57.6 Å². The van der Waals surface area contributed by atoms with Gasteiger partial charge < -0.3 is 10.0 Å². The van der Waals surface area contributed by atoms with Gasteiger partial charge >= 0.3 is 5.97 Å². The first-order valence-corrected chi connectivity index (χ1v) is 6.32. The first-order valence-electron chi connectivity index (χ1n) is 6.32. The molecule has 108 valence electrons. The maximum absolute atomic E-state index is 13.5. The molecule has 1 saturated heterocycles. The van der Waals surface area contributed by atoms with Crippen LogP contribution in [0.1, 0.15) is 25.3 Å². The van der Waals surface area contributed by atoms with Crippen molar-refractivity contribution in [2.75, 3.05) is 6.54 Å². The summed E-state index contributed by atoms with van der Waals surface area (Å²) < 4.78 is 26.6. The summed E-state index contributed by atoms with van der Waals surface area (Å²) >= 11 is 0. The van der Waals surface area contributed by atoms with Crippen molar-refractivity contribution < 1.29 is 23.5 Å². The predicted octanol–water partition coefficient (Wildman–Crippen LogP) is 1.97. The minimum absolute atomic E-state index is 0.0605. The summed E-state index contributed by atoms with van der Waals surface area (Å²) in [5.74, 6) is -2.88. The first kappa shape index (κ1) is 14.4. The van der Waals surface area contributed by atoms with Gasteiger partial charge in [-0.25, -0.2) is 13.6 Å². The van der Waals surface area contributed by atoms with Gasteiger partial charge in [0.2, 0.25) is 5.91 Å². The van der Waals surface area contributed by atoms with Gasteiger partial charge in [-0.2, -0.15) is 0 Å². The fraction of sp³-hybridized carbons (Fsp3) is 0.429. The van der Waals surface area contributed by atoms with E-state index in [9.17, 15) is 23.5 Å². The molecule has 0 aromatic heterocycles. The van der Waals surface area contributed by atoms with Gasteiger partial charge in [-0.05, 0) is 38.0 Å². The van der Waals surface area contributed by atoms with E-state index in [0.717, 1.165) is 18.2 Å². The highest BCUT2D eigenvalue weighted by atomic mass is 19.1. The van der Waals surface area contributed by atoms with E-state index < -0.39 is 29.0 Å². The largest absolute Gasteiger partial charge is 0.480 e. The molecule has 0 bridgehead atoms. The molecule has 2 rings (SSSR count). The Bertz CT molecular complexity index is 561. The van der Waals surface area contributed by atoms with Crippen LogP contribution in [0, 0.1) is 11.6 Å². The number of carbonyl (C=O) groups is 2. The smallest absolute Gasteiger partial charge is 0.329 e.